The van der Waals surface area contributed by atoms with Crippen molar-refractivity contribution >= 4 is 30.1 Å². The van der Waals surface area contributed by atoms with Crippen molar-refractivity contribution in [2.45, 2.75) is 0 Å². The molecule has 0 unspecified atom stereocenters. The van der Waals surface area contributed by atoms with E-state index in [2.05, 4.69) is 23.7 Å². The van der Waals surface area contributed by atoms with Crippen LogP contribution in [-0.2, 0) is 8.98 Å². The smallest absolute Gasteiger partial charge is 0.349 e. The molecule has 0 saturated carbocycles. The van der Waals surface area contributed by atoms with Gasteiger partial charge in [0.25, 0.3) is 0 Å². The normalized spacial score (nSPS) is 9.31. The SMILES string of the molecule is C=C(C(=O)OS)c1ccc(N)cc1. The first-order chi connectivity index (χ1) is 6.15. The van der Waals surface area contributed by atoms with Crippen LogP contribution in [0.1, 0.15) is 5.56 Å². The van der Waals surface area contributed by atoms with Gasteiger partial charge in [-0.3, -0.25) is 0 Å². The molecule has 0 aliphatic heterocycles. The van der Waals surface area contributed by atoms with E-state index >= 15 is 0 Å². The zero-order valence-electron chi connectivity index (χ0n) is 6.86. The lowest BCUT2D eigenvalue weighted by Gasteiger charge is -2.02. The third-order valence-electron chi connectivity index (χ3n) is 1.59. The molecular formula is C9H9NO2S. The van der Waals surface area contributed by atoms with E-state index in [4.69, 9.17) is 5.73 Å². The lowest BCUT2D eigenvalue weighted by atomic mass is 10.1. The van der Waals surface area contributed by atoms with Crippen molar-refractivity contribution in [3.05, 3.63) is 36.4 Å². The van der Waals surface area contributed by atoms with E-state index in [1.165, 1.54) is 0 Å². The van der Waals surface area contributed by atoms with Gasteiger partial charge in [0.05, 0.1) is 5.57 Å². The fraction of sp³-hybridized carbons (Fsp3) is 0. The van der Waals surface area contributed by atoms with Crippen LogP contribution in [0.15, 0.2) is 30.8 Å². The molecule has 0 spiro atoms. The van der Waals surface area contributed by atoms with Crippen LogP contribution in [0.3, 0.4) is 0 Å². The van der Waals surface area contributed by atoms with Crippen LogP contribution >= 0.6 is 12.9 Å². The Balaban J connectivity index is 2.90. The van der Waals surface area contributed by atoms with Crippen LogP contribution in [0.5, 0.6) is 0 Å². The topological polar surface area (TPSA) is 52.3 Å². The van der Waals surface area contributed by atoms with Crippen molar-refractivity contribution in [2.75, 3.05) is 5.73 Å². The van der Waals surface area contributed by atoms with E-state index in [1.807, 2.05) is 0 Å². The number of hydrogen-bond donors (Lipinski definition) is 2. The molecule has 0 aliphatic rings. The molecule has 1 aromatic carbocycles. The van der Waals surface area contributed by atoms with Crippen molar-refractivity contribution in [2.24, 2.45) is 0 Å². The van der Waals surface area contributed by atoms with Crippen LogP contribution in [0.4, 0.5) is 5.69 Å². The van der Waals surface area contributed by atoms with E-state index in [0.29, 0.717) is 11.3 Å². The highest BCUT2D eigenvalue weighted by molar-refractivity contribution is 7.75. The number of rotatable bonds is 2. The summed E-state index contributed by atoms with van der Waals surface area (Å²) in [6, 6.07) is 6.77. The molecule has 0 saturated heterocycles. The average molecular weight is 195 g/mol. The molecule has 3 nitrogen and oxygen atoms in total. The summed E-state index contributed by atoms with van der Waals surface area (Å²) in [5.41, 5.74) is 7.04. The third-order valence-corrected chi connectivity index (χ3v) is 1.75. The Hall–Kier alpha value is -1.42. The second-order valence-corrected chi connectivity index (χ2v) is 2.66. The van der Waals surface area contributed by atoms with E-state index < -0.39 is 5.97 Å². The number of anilines is 1. The monoisotopic (exact) mass is 195 g/mol. The number of benzene rings is 1. The summed E-state index contributed by atoms with van der Waals surface area (Å²) in [5.74, 6) is -0.562. The first kappa shape index (κ1) is 9.67. The van der Waals surface area contributed by atoms with Crippen molar-refractivity contribution in [3.8, 4) is 0 Å². The summed E-state index contributed by atoms with van der Waals surface area (Å²) < 4.78 is 4.22. The van der Waals surface area contributed by atoms with Crippen molar-refractivity contribution in [1.29, 1.82) is 0 Å². The molecule has 1 rings (SSSR count). The quantitative estimate of drug-likeness (QED) is 0.326. The second-order valence-electron chi connectivity index (χ2n) is 2.48. The Bertz CT molecular complexity index is 332. The van der Waals surface area contributed by atoms with Gasteiger partial charge in [-0.1, -0.05) is 18.7 Å². The zero-order chi connectivity index (χ0) is 9.84. The molecule has 13 heavy (non-hydrogen) atoms. The van der Waals surface area contributed by atoms with Crippen LogP contribution < -0.4 is 5.73 Å². The maximum absolute atomic E-state index is 11.0. The van der Waals surface area contributed by atoms with Gasteiger partial charge in [0.2, 0.25) is 0 Å². The highest BCUT2D eigenvalue weighted by atomic mass is 32.1. The number of nitrogens with two attached hydrogens (primary N) is 1. The van der Waals surface area contributed by atoms with Gasteiger partial charge in [0, 0.05) is 18.6 Å². The summed E-state index contributed by atoms with van der Waals surface area (Å²) in [4.78, 5) is 11.0. The van der Waals surface area contributed by atoms with Crippen LogP contribution in [-0.4, -0.2) is 5.97 Å². The fourth-order valence-electron chi connectivity index (χ4n) is 0.857. The lowest BCUT2D eigenvalue weighted by molar-refractivity contribution is -0.126. The van der Waals surface area contributed by atoms with Gasteiger partial charge in [0.15, 0.2) is 0 Å². The van der Waals surface area contributed by atoms with Gasteiger partial charge in [-0.05, 0) is 17.7 Å². The van der Waals surface area contributed by atoms with Crippen LogP contribution in [0.25, 0.3) is 5.57 Å². The third kappa shape index (κ3) is 2.26. The maximum atomic E-state index is 11.0. The fourth-order valence-corrected chi connectivity index (χ4v) is 0.967. The molecule has 0 amide bonds. The molecule has 0 aliphatic carbocycles. The molecule has 0 aromatic heterocycles. The summed E-state index contributed by atoms with van der Waals surface area (Å²) in [5, 5.41) is 0. The molecule has 0 atom stereocenters. The molecule has 0 fully saturated rings. The van der Waals surface area contributed by atoms with Crippen molar-refractivity contribution in [3.63, 3.8) is 0 Å². The molecular weight excluding hydrogens is 186 g/mol. The van der Waals surface area contributed by atoms with Crippen LogP contribution in [0, 0.1) is 0 Å². The molecule has 1 aromatic rings. The largest absolute Gasteiger partial charge is 0.399 e. The summed E-state index contributed by atoms with van der Waals surface area (Å²) in [6.07, 6.45) is 0. The van der Waals surface area contributed by atoms with E-state index in [9.17, 15) is 4.79 Å². The Morgan fingerprint density at radius 1 is 1.38 bits per heavy atom. The van der Waals surface area contributed by atoms with E-state index in [0.717, 1.165) is 0 Å². The predicted octanol–water partition coefficient (Wildman–Crippen LogP) is 1.67. The van der Waals surface area contributed by atoms with Crippen molar-refractivity contribution < 1.29 is 8.98 Å². The Kier molecular flexibility index (Phi) is 2.97. The van der Waals surface area contributed by atoms with Gasteiger partial charge >= 0.3 is 5.97 Å². The Morgan fingerprint density at radius 3 is 2.38 bits per heavy atom. The van der Waals surface area contributed by atoms with Gasteiger partial charge in [-0.15, -0.1) is 0 Å². The molecule has 68 valence electrons. The first-order valence-electron chi connectivity index (χ1n) is 3.55. The number of thiol groups is 1. The first-order valence-corrected chi connectivity index (χ1v) is 3.92. The molecule has 2 N–H and O–H groups in total. The highest BCUT2D eigenvalue weighted by Crippen LogP contribution is 2.15. The zero-order valence-corrected chi connectivity index (χ0v) is 7.75. The Morgan fingerprint density at radius 2 is 1.92 bits per heavy atom. The Labute approximate surface area is 81.8 Å². The maximum Gasteiger partial charge on any atom is 0.349 e. The summed E-state index contributed by atoms with van der Waals surface area (Å²) in [7, 11) is 0. The molecule has 0 heterocycles. The lowest BCUT2D eigenvalue weighted by Crippen LogP contribution is -1.99. The van der Waals surface area contributed by atoms with E-state index in [1.54, 1.807) is 24.3 Å². The van der Waals surface area contributed by atoms with Gasteiger partial charge in [-0.25, -0.2) is 4.79 Å². The number of carbonyl (C=O) groups is 1. The number of nitrogen functional groups attached to an aromatic ring is 1. The molecule has 4 heteroatoms. The molecule has 0 bridgehead atoms. The number of carbonyl (C=O) groups excluding carboxylic acids is 1. The van der Waals surface area contributed by atoms with Gasteiger partial charge in [0.1, 0.15) is 0 Å². The van der Waals surface area contributed by atoms with Gasteiger partial charge < -0.3 is 9.92 Å². The summed E-state index contributed by atoms with van der Waals surface area (Å²) >= 11 is 3.39. The number of hydrogen-bond acceptors (Lipinski definition) is 4. The van der Waals surface area contributed by atoms with Crippen LogP contribution in [0.2, 0.25) is 0 Å². The minimum Gasteiger partial charge on any atom is -0.399 e. The second kappa shape index (κ2) is 4.00. The standard InChI is InChI=1S/C9H9NO2S/c1-6(9(11)12-13)7-2-4-8(10)5-3-7/h2-5,13H,1,10H2. The predicted molar refractivity (Wildman–Crippen MR) is 55.0 cm³/mol. The minimum absolute atomic E-state index is 0.259. The molecule has 0 radical (unpaired) electrons. The average Bonchev–Trinajstić information content (AvgIpc) is 2.17. The highest BCUT2D eigenvalue weighted by Gasteiger charge is 2.08. The van der Waals surface area contributed by atoms with E-state index in [-0.39, 0.29) is 5.57 Å². The summed E-state index contributed by atoms with van der Waals surface area (Å²) in [6.45, 7) is 3.56. The minimum atomic E-state index is -0.562. The van der Waals surface area contributed by atoms with Gasteiger partial charge in [-0.2, -0.15) is 0 Å². The van der Waals surface area contributed by atoms with Crippen molar-refractivity contribution in [1.82, 2.24) is 0 Å².